The third-order valence-electron chi connectivity index (χ3n) is 3.81. The fourth-order valence-electron chi connectivity index (χ4n) is 2.64. The molecule has 0 aliphatic rings. The third kappa shape index (κ3) is 3.23. The highest BCUT2D eigenvalue weighted by Gasteiger charge is 2.09. The van der Waals surface area contributed by atoms with Crippen LogP contribution in [0, 0.1) is 6.92 Å². The maximum Gasteiger partial charge on any atom is 0.229 e. The number of nitrogens with one attached hydrogen (secondary N) is 1. The van der Waals surface area contributed by atoms with Crippen LogP contribution in [0.1, 0.15) is 19.5 Å². The Morgan fingerprint density at radius 1 is 1.04 bits per heavy atom. The lowest BCUT2D eigenvalue weighted by atomic mass is 10.2. The Morgan fingerprint density at radius 3 is 2.61 bits per heavy atom. The van der Waals surface area contributed by atoms with Crippen molar-refractivity contribution in [2.45, 2.75) is 20.8 Å². The summed E-state index contributed by atoms with van der Waals surface area (Å²) < 4.78 is 0. The van der Waals surface area contributed by atoms with Gasteiger partial charge in [0.05, 0.1) is 11.2 Å². The summed E-state index contributed by atoms with van der Waals surface area (Å²) in [6.45, 7) is 8.08. The zero-order chi connectivity index (χ0) is 16.2. The number of para-hydroxylation sites is 1. The van der Waals surface area contributed by atoms with Crippen LogP contribution in [0.5, 0.6) is 0 Å². The minimum absolute atomic E-state index is 0.602. The van der Waals surface area contributed by atoms with Gasteiger partial charge in [0.2, 0.25) is 5.95 Å². The zero-order valence-corrected chi connectivity index (χ0v) is 13.7. The van der Waals surface area contributed by atoms with Crippen molar-refractivity contribution in [2.75, 3.05) is 23.3 Å². The number of hydrogen-bond acceptors (Lipinski definition) is 5. The molecule has 3 aromatic rings. The number of rotatable bonds is 5. The highest BCUT2D eigenvalue weighted by atomic mass is 15.2. The number of pyridine rings is 1. The van der Waals surface area contributed by atoms with E-state index in [-0.39, 0.29) is 0 Å². The average Bonchev–Trinajstić information content (AvgIpc) is 2.56. The summed E-state index contributed by atoms with van der Waals surface area (Å²) in [7, 11) is 0. The van der Waals surface area contributed by atoms with Crippen molar-refractivity contribution < 1.29 is 0 Å². The first kappa shape index (κ1) is 15.2. The largest absolute Gasteiger partial charge is 0.357 e. The molecule has 23 heavy (non-hydrogen) atoms. The molecule has 0 atom stereocenters. The van der Waals surface area contributed by atoms with Gasteiger partial charge in [-0.2, -0.15) is 4.98 Å². The summed E-state index contributed by atoms with van der Waals surface area (Å²) in [4.78, 5) is 15.8. The molecular formula is C18H21N5. The van der Waals surface area contributed by atoms with E-state index in [9.17, 15) is 0 Å². The third-order valence-corrected chi connectivity index (χ3v) is 3.81. The molecule has 2 aromatic heterocycles. The summed E-state index contributed by atoms with van der Waals surface area (Å²) >= 11 is 0. The first-order valence-electron chi connectivity index (χ1n) is 7.92. The molecule has 0 fully saturated rings. The molecule has 0 spiro atoms. The zero-order valence-electron chi connectivity index (χ0n) is 13.7. The summed E-state index contributed by atoms with van der Waals surface area (Å²) in [6.07, 6.45) is 1.80. The van der Waals surface area contributed by atoms with E-state index in [4.69, 9.17) is 0 Å². The molecule has 5 heteroatoms. The van der Waals surface area contributed by atoms with Gasteiger partial charge in [-0.05, 0) is 32.9 Å². The second-order valence-electron chi connectivity index (χ2n) is 5.37. The first-order chi connectivity index (χ1) is 11.2. The van der Waals surface area contributed by atoms with Gasteiger partial charge in [0.25, 0.3) is 0 Å². The maximum atomic E-state index is 4.65. The normalized spacial score (nSPS) is 10.7. The van der Waals surface area contributed by atoms with Crippen LogP contribution < -0.4 is 10.2 Å². The molecule has 118 valence electrons. The smallest absolute Gasteiger partial charge is 0.229 e. The van der Waals surface area contributed by atoms with Gasteiger partial charge in [-0.3, -0.25) is 4.98 Å². The lowest BCUT2D eigenvalue weighted by Crippen LogP contribution is -2.23. The number of aromatic nitrogens is 3. The van der Waals surface area contributed by atoms with Crippen LogP contribution in [0.15, 0.2) is 42.6 Å². The van der Waals surface area contributed by atoms with Gasteiger partial charge < -0.3 is 10.2 Å². The summed E-state index contributed by atoms with van der Waals surface area (Å²) in [5.74, 6) is 1.54. The van der Waals surface area contributed by atoms with Gasteiger partial charge in [0.15, 0.2) is 0 Å². The van der Waals surface area contributed by atoms with E-state index < -0.39 is 0 Å². The summed E-state index contributed by atoms with van der Waals surface area (Å²) in [5, 5.41) is 4.41. The number of aryl methyl sites for hydroxylation is 1. The predicted molar refractivity (Wildman–Crippen MR) is 95.4 cm³/mol. The fourth-order valence-corrected chi connectivity index (χ4v) is 2.64. The van der Waals surface area contributed by atoms with Gasteiger partial charge in [-0.15, -0.1) is 0 Å². The van der Waals surface area contributed by atoms with Crippen LogP contribution in [-0.4, -0.2) is 28.0 Å². The number of nitrogens with zero attached hydrogens (tertiary/aromatic N) is 4. The van der Waals surface area contributed by atoms with Gasteiger partial charge in [-0.25, -0.2) is 4.98 Å². The Labute approximate surface area is 136 Å². The van der Waals surface area contributed by atoms with Crippen molar-refractivity contribution in [3.63, 3.8) is 0 Å². The fraction of sp³-hybridized carbons (Fsp3) is 0.278. The molecule has 0 saturated heterocycles. The first-order valence-corrected chi connectivity index (χ1v) is 7.92. The van der Waals surface area contributed by atoms with Crippen LogP contribution >= 0.6 is 0 Å². The van der Waals surface area contributed by atoms with E-state index >= 15 is 0 Å². The van der Waals surface area contributed by atoms with Crippen molar-refractivity contribution in [3.05, 3.63) is 48.3 Å². The molecule has 0 radical (unpaired) electrons. The second-order valence-corrected chi connectivity index (χ2v) is 5.37. The number of anilines is 3. The minimum atomic E-state index is 0.602. The van der Waals surface area contributed by atoms with E-state index in [0.717, 1.165) is 41.2 Å². The quantitative estimate of drug-likeness (QED) is 0.774. The second kappa shape index (κ2) is 6.60. The van der Waals surface area contributed by atoms with E-state index in [1.54, 1.807) is 6.20 Å². The highest BCUT2D eigenvalue weighted by Crippen LogP contribution is 2.24. The summed E-state index contributed by atoms with van der Waals surface area (Å²) in [5.41, 5.74) is 2.78. The molecule has 0 bridgehead atoms. The Bertz CT molecular complexity index is 806. The molecule has 2 heterocycles. The monoisotopic (exact) mass is 307 g/mol. The maximum absolute atomic E-state index is 4.65. The molecule has 1 aromatic carbocycles. The molecule has 3 rings (SSSR count). The van der Waals surface area contributed by atoms with E-state index in [1.807, 2.05) is 43.3 Å². The van der Waals surface area contributed by atoms with Crippen LogP contribution in [0.2, 0.25) is 0 Å². The topological polar surface area (TPSA) is 53.9 Å². The molecule has 0 unspecified atom stereocenters. The van der Waals surface area contributed by atoms with Crippen molar-refractivity contribution >= 4 is 28.4 Å². The van der Waals surface area contributed by atoms with Crippen LogP contribution in [0.4, 0.5) is 17.5 Å². The molecule has 0 aliphatic heterocycles. The average molecular weight is 307 g/mol. The van der Waals surface area contributed by atoms with Gasteiger partial charge in [-0.1, -0.05) is 18.2 Å². The Hall–Kier alpha value is -2.69. The Balaban J connectivity index is 1.99. The molecule has 0 amide bonds. The SMILES string of the molecule is CCN(CC)c1cc(C)nc(Nc2cccc3cccnc23)n1. The molecular weight excluding hydrogens is 286 g/mol. The molecule has 5 nitrogen and oxygen atoms in total. The van der Waals surface area contributed by atoms with E-state index in [0.29, 0.717) is 5.95 Å². The van der Waals surface area contributed by atoms with Crippen molar-refractivity contribution in [3.8, 4) is 0 Å². The van der Waals surface area contributed by atoms with E-state index in [1.165, 1.54) is 0 Å². The van der Waals surface area contributed by atoms with E-state index in [2.05, 4.69) is 39.0 Å². The number of hydrogen-bond donors (Lipinski definition) is 1. The molecule has 0 saturated carbocycles. The Kier molecular flexibility index (Phi) is 4.37. The van der Waals surface area contributed by atoms with Gasteiger partial charge >= 0.3 is 0 Å². The number of fused-ring (bicyclic) bond motifs is 1. The van der Waals surface area contributed by atoms with Crippen molar-refractivity contribution in [1.29, 1.82) is 0 Å². The van der Waals surface area contributed by atoms with Crippen LogP contribution in [0.25, 0.3) is 10.9 Å². The summed E-state index contributed by atoms with van der Waals surface area (Å²) in [6, 6.07) is 12.1. The van der Waals surface area contributed by atoms with Crippen molar-refractivity contribution in [2.24, 2.45) is 0 Å². The lowest BCUT2D eigenvalue weighted by molar-refractivity contribution is 0.840. The van der Waals surface area contributed by atoms with Crippen LogP contribution in [0.3, 0.4) is 0 Å². The van der Waals surface area contributed by atoms with Gasteiger partial charge in [0, 0.05) is 36.4 Å². The minimum Gasteiger partial charge on any atom is -0.357 e. The highest BCUT2D eigenvalue weighted by molar-refractivity contribution is 5.91. The van der Waals surface area contributed by atoms with Crippen molar-refractivity contribution in [1.82, 2.24) is 15.0 Å². The standard InChI is InChI=1S/C18H21N5/c1-4-23(5-2)16-12-13(3)20-18(22-16)21-15-10-6-8-14-9-7-11-19-17(14)15/h6-12H,4-5H2,1-3H3,(H,20,21,22). The predicted octanol–water partition coefficient (Wildman–Crippen LogP) is 3.92. The number of benzene rings is 1. The molecule has 1 N–H and O–H groups in total. The van der Waals surface area contributed by atoms with Gasteiger partial charge in [0.1, 0.15) is 5.82 Å². The Morgan fingerprint density at radius 2 is 1.83 bits per heavy atom. The lowest BCUT2D eigenvalue weighted by Gasteiger charge is -2.20. The van der Waals surface area contributed by atoms with Crippen LogP contribution in [-0.2, 0) is 0 Å². The molecule has 0 aliphatic carbocycles.